The van der Waals surface area contributed by atoms with Gasteiger partial charge in [0, 0.05) is 5.69 Å². The van der Waals surface area contributed by atoms with Gasteiger partial charge in [0.1, 0.15) is 5.82 Å². The molecule has 0 spiro atoms. The summed E-state index contributed by atoms with van der Waals surface area (Å²) < 4.78 is 13.6. The molecule has 4 amide bonds. The van der Waals surface area contributed by atoms with Crippen molar-refractivity contribution in [3.8, 4) is 0 Å². The Morgan fingerprint density at radius 2 is 2.00 bits per heavy atom. The molecule has 0 saturated heterocycles. The minimum atomic E-state index is -1.08. The summed E-state index contributed by atoms with van der Waals surface area (Å²) in [5, 5.41) is 4.20. The zero-order valence-corrected chi connectivity index (χ0v) is 11.2. The molecular weight excluding hydrogens is 356 g/mol. The standard InChI is InChI=1S/C10H9FIN3O3/c11-7-2-1-5(14-8(16)4-12)3-6(7)9(17)15-10(13)18/h1-3H,4H2,(H,14,16)(H3,13,15,17,18). The van der Waals surface area contributed by atoms with Gasteiger partial charge in [-0.25, -0.2) is 9.18 Å². The van der Waals surface area contributed by atoms with Gasteiger partial charge in [-0.1, -0.05) is 22.6 Å². The molecule has 18 heavy (non-hydrogen) atoms. The number of nitrogens with one attached hydrogen (secondary N) is 2. The number of primary amides is 1. The molecule has 96 valence electrons. The van der Waals surface area contributed by atoms with Gasteiger partial charge in [-0.3, -0.25) is 14.9 Å². The lowest BCUT2D eigenvalue weighted by Gasteiger charge is -2.07. The number of nitrogens with two attached hydrogens (primary N) is 1. The second-order valence-corrected chi connectivity index (χ2v) is 3.96. The largest absolute Gasteiger partial charge is 0.351 e. The first-order valence-corrected chi connectivity index (χ1v) is 6.22. The quantitative estimate of drug-likeness (QED) is 0.550. The van der Waals surface area contributed by atoms with Gasteiger partial charge < -0.3 is 11.1 Å². The number of benzene rings is 1. The number of imide groups is 1. The molecule has 0 heterocycles. The summed E-state index contributed by atoms with van der Waals surface area (Å²) in [6.45, 7) is 0. The first-order valence-electron chi connectivity index (χ1n) is 4.70. The number of amides is 4. The molecule has 4 N–H and O–H groups in total. The molecule has 0 aliphatic rings. The van der Waals surface area contributed by atoms with Crippen molar-refractivity contribution >= 4 is 46.1 Å². The Kier molecular flexibility index (Phi) is 5.01. The van der Waals surface area contributed by atoms with Crippen LogP contribution in [0.1, 0.15) is 10.4 Å². The van der Waals surface area contributed by atoms with Gasteiger partial charge in [0.25, 0.3) is 5.91 Å². The highest BCUT2D eigenvalue weighted by atomic mass is 127. The van der Waals surface area contributed by atoms with Crippen LogP contribution in [0.2, 0.25) is 0 Å². The predicted octanol–water partition coefficient (Wildman–Crippen LogP) is 1.01. The first kappa shape index (κ1) is 14.4. The third-order valence-corrected chi connectivity index (χ3v) is 2.55. The van der Waals surface area contributed by atoms with Crippen molar-refractivity contribution in [2.24, 2.45) is 5.73 Å². The van der Waals surface area contributed by atoms with Gasteiger partial charge in [0.2, 0.25) is 5.91 Å². The molecule has 1 aromatic carbocycles. The average Bonchev–Trinajstić information content (AvgIpc) is 2.30. The minimum absolute atomic E-state index is 0.220. The maximum absolute atomic E-state index is 13.4. The smallest absolute Gasteiger partial charge is 0.319 e. The van der Waals surface area contributed by atoms with Gasteiger partial charge >= 0.3 is 6.03 Å². The van der Waals surface area contributed by atoms with E-state index in [1.807, 2.05) is 22.6 Å². The number of hydrogen-bond donors (Lipinski definition) is 3. The summed E-state index contributed by atoms with van der Waals surface area (Å²) >= 11 is 1.86. The molecular formula is C10H9FIN3O3. The van der Waals surface area contributed by atoms with Crippen LogP contribution in [0.15, 0.2) is 18.2 Å². The highest BCUT2D eigenvalue weighted by molar-refractivity contribution is 14.1. The van der Waals surface area contributed by atoms with Crippen LogP contribution in [0.25, 0.3) is 0 Å². The summed E-state index contributed by atoms with van der Waals surface area (Å²) in [4.78, 5) is 33.1. The molecule has 0 bridgehead atoms. The number of hydrogen-bond acceptors (Lipinski definition) is 3. The predicted molar refractivity (Wildman–Crippen MR) is 71.0 cm³/mol. The van der Waals surface area contributed by atoms with Crippen molar-refractivity contribution < 1.29 is 18.8 Å². The molecule has 0 aliphatic heterocycles. The molecule has 0 aliphatic carbocycles. The van der Waals surface area contributed by atoms with E-state index in [0.717, 1.165) is 12.1 Å². The summed E-state index contributed by atoms with van der Waals surface area (Å²) in [6, 6.07) is 2.36. The Balaban J connectivity index is 2.97. The number of rotatable bonds is 3. The van der Waals surface area contributed by atoms with Crippen LogP contribution in [0.5, 0.6) is 0 Å². The fourth-order valence-corrected chi connectivity index (χ4v) is 1.34. The van der Waals surface area contributed by atoms with E-state index < -0.39 is 17.8 Å². The summed E-state index contributed by atoms with van der Waals surface area (Å²) in [6.07, 6.45) is 0. The molecule has 0 radical (unpaired) electrons. The highest BCUT2D eigenvalue weighted by Gasteiger charge is 2.14. The fraction of sp³-hybridized carbons (Fsp3) is 0.100. The number of halogens is 2. The lowest BCUT2D eigenvalue weighted by atomic mass is 10.1. The molecule has 0 saturated carbocycles. The van der Waals surface area contributed by atoms with Gasteiger partial charge in [-0.05, 0) is 18.2 Å². The molecule has 0 aromatic heterocycles. The molecule has 1 aromatic rings. The molecule has 0 fully saturated rings. The minimum Gasteiger partial charge on any atom is -0.351 e. The zero-order valence-electron chi connectivity index (χ0n) is 9.00. The van der Waals surface area contributed by atoms with Crippen LogP contribution in [-0.4, -0.2) is 22.3 Å². The number of carbonyl (C=O) groups excluding carboxylic acids is 3. The Bertz CT molecular complexity index is 507. The molecule has 0 unspecified atom stereocenters. The molecule has 1 rings (SSSR count). The van der Waals surface area contributed by atoms with Gasteiger partial charge in [-0.2, -0.15) is 0 Å². The van der Waals surface area contributed by atoms with Crippen LogP contribution in [-0.2, 0) is 4.79 Å². The maximum Gasteiger partial charge on any atom is 0.319 e. The van der Waals surface area contributed by atoms with E-state index in [4.69, 9.17) is 5.73 Å². The van der Waals surface area contributed by atoms with E-state index >= 15 is 0 Å². The van der Waals surface area contributed by atoms with Crippen molar-refractivity contribution in [1.29, 1.82) is 0 Å². The van der Waals surface area contributed by atoms with Crippen molar-refractivity contribution in [3.63, 3.8) is 0 Å². The van der Waals surface area contributed by atoms with E-state index in [2.05, 4.69) is 5.32 Å². The Morgan fingerprint density at radius 3 is 2.56 bits per heavy atom. The fourth-order valence-electron chi connectivity index (χ4n) is 1.15. The number of urea groups is 1. The molecule has 0 atom stereocenters. The lowest BCUT2D eigenvalue weighted by Crippen LogP contribution is -2.35. The van der Waals surface area contributed by atoms with Crippen LogP contribution in [0.3, 0.4) is 0 Å². The van der Waals surface area contributed by atoms with Crippen molar-refractivity contribution in [2.75, 3.05) is 9.74 Å². The molecule has 6 nitrogen and oxygen atoms in total. The third-order valence-electron chi connectivity index (χ3n) is 1.85. The maximum atomic E-state index is 13.4. The van der Waals surface area contributed by atoms with Gasteiger partial charge in [0.05, 0.1) is 9.99 Å². The van der Waals surface area contributed by atoms with Crippen molar-refractivity contribution in [2.45, 2.75) is 0 Å². The van der Waals surface area contributed by atoms with Crippen molar-refractivity contribution in [3.05, 3.63) is 29.6 Å². The van der Waals surface area contributed by atoms with Crippen molar-refractivity contribution in [1.82, 2.24) is 5.32 Å². The molecule has 8 heteroatoms. The Morgan fingerprint density at radius 1 is 1.33 bits per heavy atom. The van der Waals surface area contributed by atoms with E-state index in [1.165, 1.54) is 6.07 Å². The normalized spacial score (nSPS) is 9.67. The van der Waals surface area contributed by atoms with E-state index in [-0.39, 0.29) is 21.6 Å². The SMILES string of the molecule is NC(=O)NC(=O)c1cc(NC(=O)CI)ccc1F. The first-order chi connectivity index (χ1) is 8.43. The Hall–Kier alpha value is -1.71. The van der Waals surface area contributed by atoms with E-state index in [9.17, 15) is 18.8 Å². The summed E-state index contributed by atoms with van der Waals surface area (Å²) in [7, 11) is 0. The lowest BCUT2D eigenvalue weighted by molar-refractivity contribution is -0.113. The summed E-state index contributed by atoms with van der Waals surface area (Å²) in [5.41, 5.74) is 4.64. The van der Waals surface area contributed by atoms with Crippen LogP contribution in [0.4, 0.5) is 14.9 Å². The van der Waals surface area contributed by atoms with E-state index in [1.54, 1.807) is 5.32 Å². The van der Waals surface area contributed by atoms with Gasteiger partial charge in [-0.15, -0.1) is 0 Å². The zero-order chi connectivity index (χ0) is 13.7. The second kappa shape index (κ2) is 6.28. The number of anilines is 1. The van der Waals surface area contributed by atoms with E-state index in [0.29, 0.717) is 0 Å². The Labute approximate surface area is 115 Å². The van der Waals surface area contributed by atoms with Crippen LogP contribution in [0, 0.1) is 5.82 Å². The van der Waals surface area contributed by atoms with Crippen LogP contribution >= 0.6 is 22.6 Å². The highest BCUT2D eigenvalue weighted by Crippen LogP contribution is 2.15. The average molecular weight is 365 g/mol. The second-order valence-electron chi connectivity index (χ2n) is 3.19. The third kappa shape index (κ3) is 3.95. The van der Waals surface area contributed by atoms with Crippen LogP contribution < -0.4 is 16.4 Å². The topological polar surface area (TPSA) is 101 Å². The number of carbonyl (C=O) groups is 3. The summed E-state index contributed by atoms with van der Waals surface area (Å²) in [5.74, 6) is -2.07. The van der Waals surface area contributed by atoms with Gasteiger partial charge in [0.15, 0.2) is 0 Å². The monoisotopic (exact) mass is 365 g/mol. The number of alkyl halides is 1.